The molecule has 0 radical (unpaired) electrons. The highest BCUT2D eigenvalue weighted by molar-refractivity contribution is 6.32. The first kappa shape index (κ1) is 12.5. The van der Waals surface area contributed by atoms with E-state index in [0.717, 1.165) is 24.3 Å². The fraction of sp³-hybridized carbons (Fsp3) is 0.111. The molecule has 0 saturated heterocycles. The van der Waals surface area contributed by atoms with Crippen molar-refractivity contribution < 1.29 is 18.1 Å². The Kier molecular flexibility index (Phi) is 3.54. The van der Waals surface area contributed by atoms with E-state index >= 15 is 0 Å². The topological polar surface area (TPSA) is 43.1 Å². The molecule has 0 aromatic heterocycles. The van der Waals surface area contributed by atoms with Gasteiger partial charge in [-0.3, -0.25) is 10.1 Å². The highest BCUT2D eigenvalue weighted by Crippen LogP contribution is 2.32. The first-order valence-corrected chi connectivity index (χ1v) is 4.37. The van der Waals surface area contributed by atoms with Crippen molar-refractivity contribution in [1.82, 2.24) is 0 Å². The van der Waals surface area contributed by atoms with Gasteiger partial charge in [0.2, 0.25) is 6.20 Å². The predicted molar refractivity (Wildman–Crippen MR) is 52.5 cm³/mol. The van der Waals surface area contributed by atoms with E-state index < -0.39 is 16.7 Å². The highest BCUT2D eigenvalue weighted by Gasteiger charge is 2.30. The molecular formula is C9H5ClF3NO2. The van der Waals surface area contributed by atoms with Gasteiger partial charge < -0.3 is 0 Å². The maximum Gasteiger partial charge on any atom is 0.416 e. The summed E-state index contributed by atoms with van der Waals surface area (Å²) >= 11 is 5.55. The van der Waals surface area contributed by atoms with Crippen LogP contribution in [0.4, 0.5) is 13.2 Å². The van der Waals surface area contributed by atoms with Gasteiger partial charge >= 0.3 is 6.18 Å². The molecule has 0 aliphatic rings. The lowest BCUT2D eigenvalue weighted by atomic mass is 10.1. The number of nitro groups is 1. The molecule has 0 bridgehead atoms. The Morgan fingerprint density at radius 1 is 1.38 bits per heavy atom. The molecule has 0 saturated carbocycles. The van der Waals surface area contributed by atoms with Crippen molar-refractivity contribution in [3.05, 3.63) is 50.7 Å². The Morgan fingerprint density at radius 3 is 2.44 bits per heavy atom. The molecule has 0 fully saturated rings. The van der Waals surface area contributed by atoms with Crippen molar-refractivity contribution in [2.75, 3.05) is 0 Å². The van der Waals surface area contributed by atoms with Gasteiger partial charge in [0, 0.05) is 11.1 Å². The Bertz CT molecular complexity index is 443. The number of alkyl halides is 3. The summed E-state index contributed by atoms with van der Waals surface area (Å²) in [6.45, 7) is 0. The van der Waals surface area contributed by atoms with E-state index in [4.69, 9.17) is 11.6 Å². The summed E-state index contributed by atoms with van der Waals surface area (Å²) in [6.07, 6.45) is -2.84. The lowest BCUT2D eigenvalue weighted by Gasteiger charge is -2.07. The minimum atomic E-state index is -4.48. The van der Waals surface area contributed by atoms with E-state index in [-0.39, 0.29) is 10.6 Å². The molecule has 0 aliphatic carbocycles. The van der Waals surface area contributed by atoms with Gasteiger partial charge in [-0.25, -0.2) is 0 Å². The third-order valence-corrected chi connectivity index (χ3v) is 2.03. The van der Waals surface area contributed by atoms with Crippen LogP contribution in [0.1, 0.15) is 11.1 Å². The van der Waals surface area contributed by atoms with Gasteiger partial charge in [-0.1, -0.05) is 17.7 Å². The Morgan fingerprint density at radius 2 is 2.00 bits per heavy atom. The molecule has 0 heterocycles. The Labute approximate surface area is 93.3 Å². The minimum Gasteiger partial charge on any atom is -0.259 e. The van der Waals surface area contributed by atoms with Crippen molar-refractivity contribution in [3.63, 3.8) is 0 Å². The monoisotopic (exact) mass is 251 g/mol. The number of benzene rings is 1. The summed E-state index contributed by atoms with van der Waals surface area (Å²) in [4.78, 5) is 9.28. The van der Waals surface area contributed by atoms with Crippen LogP contribution in [0.15, 0.2) is 24.4 Å². The molecule has 1 aromatic carbocycles. The summed E-state index contributed by atoms with van der Waals surface area (Å²) in [5, 5.41) is 9.82. The van der Waals surface area contributed by atoms with E-state index in [2.05, 4.69) is 0 Å². The van der Waals surface area contributed by atoms with Crippen LogP contribution in [0.2, 0.25) is 5.02 Å². The molecule has 0 atom stereocenters. The largest absolute Gasteiger partial charge is 0.416 e. The molecule has 1 aromatic rings. The van der Waals surface area contributed by atoms with Gasteiger partial charge in [0.05, 0.1) is 10.5 Å². The predicted octanol–water partition coefficient (Wildman–Crippen LogP) is 3.61. The Hall–Kier alpha value is -1.56. The summed E-state index contributed by atoms with van der Waals surface area (Å²) < 4.78 is 36.7. The molecule has 0 spiro atoms. The lowest BCUT2D eigenvalue weighted by molar-refractivity contribution is -0.400. The molecule has 0 N–H and O–H groups in total. The average Bonchev–Trinajstić information content (AvgIpc) is 2.14. The lowest BCUT2D eigenvalue weighted by Crippen LogP contribution is -2.04. The van der Waals surface area contributed by atoms with Gasteiger partial charge in [-0.15, -0.1) is 0 Å². The zero-order valence-corrected chi connectivity index (χ0v) is 8.42. The van der Waals surface area contributed by atoms with Crippen LogP contribution in [0, 0.1) is 10.1 Å². The molecule has 0 amide bonds. The standard InChI is InChI=1S/C9H5ClF3NO2/c10-8-5-7(9(11,12)13)2-1-6(8)3-4-14(15)16/h1-5H/b4-3+. The molecule has 3 nitrogen and oxygen atoms in total. The van der Waals surface area contributed by atoms with Crippen molar-refractivity contribution >= 4 is 17.7 Å². The quantitative estimate of drug-likeness (QED) is 0.595. The van der Waals surface area contributed by atoms with Crippen LogP contribution in [0.25, 0.3) is 6.08 Å². The average molecular weight is 252 g/mol. The number of rotatable bonds is 2. The van der Waals surface area contributed by atoms with Crippen LogP contribution in [-0.4, -0.2) is 4.92 Å². The van der Waals surface area contributed by atoms with E-state index in [1.807, 2.05) is 0 Å². The zero-order chi connectivity index (χ0) is 12.3. The van der Waals surface area contributed by atoms with Gasteiger partial charge in [-0.05, 0) is 17.7 Å². The maximum atomic E-state index is 12.2. The summed E-state index contributed by atoms with van der Waals surface area (Å²) in [5.74, 6) is 0. The first-order valence-electron chi connectivity index (χ1n) is 3.99. The van der Waals surface area contributed by atoms with Crippen LogP contribution >= 0.6 is 11.6 Å². The minimum absolute atomic E-state index is 0.159. The summed E-state index contributed by atoms with van der Waals surface area (Å²) in [7, 11) is 0. The molecule has 0 unspecified atom stereocenters. The second-order valence-corrected chi connectivity index (χ2v) is 3.24. The molecule has 7 heteroatoms. The fourth-order valence-corrected chi connectivity index (χ4v) is 1.22. The van der Waals surface area contributed by atoms with Gasteiger partial charge in [-0.2, -0.15) is 13.2 Å². The summed E-state index contributed by atoms with van der Waals surface area (Å²) in [6, 6.07) is 2.61. The van der Waals surface area contributed by atoms with Gasteiger partial charge in [0.15, 0.2) is 0 Å². The first-order chi connectivity index (χ1) is 7.30. The van der Waals surface area contributed by atoms with Crippen LogP contribution in [0.5, 0.6) is 0 Å². The van der Waals surface area contributed by atoms with Crippen LogP contribution < -0.4 is 0 Å². The van der Waals surface area contributed by atoms with Crippen molar-refractivity contribution in [2.45, 2.75) is 6.18 Å². The highest BCUT2D eigenvalue weighted by atomic mass is 35.5. The van der Waals surface area contributed by atoms with Crippen molar-refractivity contribution in [1.29, 1.82) is 0 Å². The van der Waals surface area contributed by atoms with Gasteiger partial charge in [0.25, 0.3) is 0 Å². The Balaban J connectivity index is 3.05. The molecule has 1 rings (SSSR count). The molecule has 0 aliphatic heterocycles. The zero-order valence-electron chi connectivity index (χ0n) is 7.66. The number of nitrogens with zero attached hydrogens (tertiary/aromatic N) is 1. The summed E-state index contributed by atoms with van der Waals surface area (Å²) in [5.41, 5.74) is -0.734. The van der Waals surface area contributed by atoms with Crippen LogP contribution in [-0.2, 0) is 6.18 Å². The number of halogens is 4. The second-order valence-electron chi connectivity index (χ2n) is 2.84. The fourth-order valence-electron chi connectivity index (χ4n) is 0.980. The SMILES string of the molecule is O=[N+]([O-])/C=C/c1ccc(C(F)(F)F)cc1Cl. The normalized spacial score (nSPS) is 12.0. The number of hydrogen-bond acceptors (Lipinski definition) is 2. The third-order valence-electron chi connectivity index (χ3n) is 1.70. The molecular weight excluding hydrogens is 247 g/mol. The molecule has 86 valence electrons. The second kappa shape index (κ2) is 4.52. The van der Waals surface area contributed by atoms with E-state index in [0.29, 0.717) is 6.20 Å². The third kappa shape index (κ3) is 3.23. The maximum absolute atomic E-state index is 12.2. The molecule has 16 heavy (non-hydrogen) atoms. The number of hydrogen-bond donors (Lipinski definition) is 0. The van der Waals surface area contributed by atoms with Gasteiger partial charge in [0.1, 0.15) is 0 Å². The van der Waals surface area contributed by atoms with E-state index in [1.54, 1.807) is 0 Å². The van der Waals surface area contributed by atoms with Crippen molar-refractivity contribution in [2.24, 2.45) is 0 Å². The van der Waals surface area contributed by atoms with E-state index in [1.165, 1.54) is 0 Å². The van der Waals surface area contributed by atoms with Crippen molar-refractivity contribution in [3.8, 4) is 0 Å². The smallest absolute Gasteiger partial charge is 0.259 e. The van der Waals surface area contributed by atoms with E-state index in [9.17, 15) is 23.3 Å². The van der Waals surface area contributed by atoms with Crippen LogP contribution in [0.3, 0.4) is 0 Å².